The molecule has 1 aromatic carbocycles. The molecule has 0 aliphatic carbocycles. The number of anilines is 1. The second kappa shape index (κ2) is 9.67. The van der Waals surface area contributed by atoms with E-state index in [1.165, 1.54) is 16.4 Å². The average molecular weight is 500 g/mol. The number of pyridine rings is 1. The molecule has 35 heavy (non-hydrogen) atoms. The molecule has 10 heteroatoms. The lowest BCUT2D eigenvalue weighted by Crippen LogP contribution is -2.48. The fourth-order valence-electron chi connectivity index (χ4n) is 4.88. The van der Waals surface area contributed by atoms with Crippen LogP contribution in [0.2, 0.25) is 0 Å². The summed E-state index contributed by atoms with van der Waals surface area (Å²) in [5.74, 6) is -0.141. The Morgan fingerprint density at radius 1 is 1.09 bits per heavy atom. The van der Waals surface area contributed by atoms with Crippen molar-refractivity contribution in [3.05, 3.63) is 46.8 Å². The van der Waals surface area contributed by atoms with E-state index >= 15 is 0 Å². The Bertz CT molecular complexity index is 1350. The van der Waals surface area contributed by atoms with Crippen LogP contribution in [0.25, 0.3) is 11.0 Å². The SMILES string of the molecule is Cc1nc2c(c(C)nn2C)c(C)c1CCC(=O)Nc1ccc(S(=O)(=O)N2C[C@@H](C)O[C@H](C)C2)cc1. The predicted octanol–water partition coefficient (Wildman–Crippen LogP) is 3.26. The van der Waals surface area contributed by atoms with Gasteiger partial charge in [0.05, 0.1) is 22.8 Å². The van der Waals surface area contributed by atoms with Gasteiger partial charge in [-0.25, -0.2) is 13.4 Å². The largest absolute Gasteiger partial charge is 0.373 e. The summed E-state index contributed by atoms with van der Waals surface area (Å²) in [5.41, 5.74) is 5.39. The quantitative estimate of drug-likeness (QED) is 0.558. The molecule has 1 fully saturated rings. The van der Waals surface area contributed by atoms with Crippen molar-refractivity contribution >= 4 is 32.7 Å². The van der Waals surface area contributed by atoms with E-state index in [1.807, 2.05) is 41.7 Å². The molecule has 0 unspecified atom stereocenters. The number of ether oxygens (including phenoxy) is 1. The number of hydrogen-bond acceptors (Lipinski definition) is 6. The molecule has 0 spiro atoms. The highest BCUT2D eigenvalue weighted by molar-refractivity contribution is 7.89. The second-order valence-corrected chi connectivity index (χ2v) is 11.3. The van der Waals surface area contributed by atoms with Crippen molar-refractivity contribution in [2.45, 2.75) is 64.6 Å². The molecule has 1 saturated heterocycles. The van der Waals surface area contributed by atoms with Gasteiger partial charge in [0.2, 0.25) is 15.9 Å². The molecule has 4 rings (SSSR count). The maximum absolute atomic E-state index is 13.0. The van der Waals surface area contributed by atoms with Crippen molar-refractivity contribution in [1.29, 1.82) is 0 Å². The van der Waals surface area contributed by atoms with Gasteiger partial charge in [0, 0.05) is 43.3 Å². The van der Waals surface area contributed by atoms with Gasteiger partial charge < -0.3 is 10.1 Å². The van der Waals surface area contributed by atoms with Crippen molar-refractivity contribution in [2.75, 3.05) is 18.4 Å². The van der Waals surface area contributed by atoms with Gasteiger partial charge in [0.25, 0.3) is 0 Å². The molecule has 0 saturated carbocycles. The lowest BCUT2D eigenvalue weighted by molar-refractivity contribution is -0.116. The molecule has 9 nitrogen and oxygen atoms in total. The summed E-state index contributed by atoms with van der Waals surface area (Å²) in [4.78, 5) is 17.6. The summed E-state index contributed by atoms with van der Waals surface area (Å²) >= 11 is 0. The Hall–Kier alpha value is -2.82. The lowest BCUT2D eigenvalue weighted by atomic mass is 9.99. The van der Waals surface area contributed by atoms with E-state index in [9.17, 15) is 13.2 Å². The van der Waals surface area contributed by atoms with E-state index in [-0.39, 0.29) is 29.4 Å². The molecule has 0 bridgehead atoms. The Labute approximate surface area is 206 Å². The van der Waals surface area contributed by atoms with Crippen LogP contribution >= 0.6 is 0 Å². The third-order valence-corrected chi connectivity index (χ3v) is 8.34. The number of carbonyl (C=O) groups is 1. The van der Waals surface area contributed by atoms with E-state index in [0.717, 1.165) is 33.5 Å². The topological polar surface area (TPSA) is 106 Å². The molecule has 188 valence electrons. The van der Waals surface area contributed by atoms with Crippen LogP contribution in [0, 0.1) is 20.8 Å². The third kappa shape index (κ3) is 5.10. The van der Waals surface area contributed by atoms with E-state index in [2.05, 4.69) is 10.4 Å². The molecular weight excluding hydrogens is 466 g/mol. The minimum atomic E-state index is -3.62. The molecule has 3 heterocycles. The number of morpholine rings is 1. The van der Waals surface area contributed by atoms with Crippen LogP contribution < -0.4 is 5.32 Å². The van der Waals surface area contributed by atoms with E-state index in [4.69, 9.17) is 9.72 Å². The standard InChI is InChI=1S/C25H33N5O4S/c1-15-13-30(14-16(2)34-15)35(32,33)21-9-7-20(8-10-21)27-23(31)12-11-22-17(3)24-19(5)28-29(6)25(24)26-18(22)4/h7-10,15-16H,11-14H2,1-6H3,(H,27,31)/t15-,16-/m1/s1. The Balaban J connectivity index is 1.42. The minimum absolute atomic E-state index is 0.141. The first-order valence-corrected chi connectivity index (χ1v) is 13.3. The summed E-state index contributed by atoms with van der Waals surface area (Å²) in [7, 11) is -1.74. The molecule has 1 aliphatic rings. The van der Waals surface area contributed by atoms with Crippen LogP contribution in [-0.4, -0.2) is 58.7 Å². The first kappa shape index (κ1) is 25.3. The number of benzene rings is 1. The molecular formula is C25H33N5O4S. The maximum Gasteiger partial charge on any atom is 0.243 e. The monoisotopic (exact) mass is 499 g/mol. The van der Waals surface area contributed by atoms with Crippen LogP contribution in [0.15, 0.2) is 29.2 Å². The molecule has 1 amide bonds. The zero-order valence-corrected chi connectivity index (χ0v) is 21.9. The summed E-state index contributed by atoms with van der Waals surface area (Å²) in [5, 5.41) is 8.38. The Morgan fingerprint density at radius 3 is 2.34 bits per heavy atom. The minimum Gasteiger partial charge on any atom is -0.373 e. The summed E-state index contributed by atoms with van der Waals surface area (Å²) < 4.78 is 34.9. The molecule has 1 N–H and O–H groups in total. The van der Waals surface area contributed by atoms with Crippen LogP contribution in [0.5, 0.6) is 0 Å². The fourth-order valence-corrected chi connectivity index (χ4v) is 6.47. The number of rotatable bonds is 6. The number of carbonyl (C=O) groups excluding carboxylic acids is 1. The van der Waals surface area contributed by atoms with E-state index in [0.29, 0.717) is 25.2 Å². The number of hydrogen-bond donors (Lipinski definition) is 1. The van der Waals surface area contributed by atoms with Gasteiger partial charge in [-0.2, -0.15) is 9.40 Å². The Kier molecular flexibility index (Phi) is 6.99. The predicted molar refractivity (Wildman–Crippen MR) is 135 cm³/mol. The number of aryl methyl sites for hydroxylation is 4. The van der Waals surface area contributed by atoms with Crippen LogP contribution in [0.1, 0.15) is 42.8 Å². The molecule has 2 aromatic heterocycles. The van der Waals surface area contributed by atoms with Gasteiger partial charge in [-0.05, 0) is 76.4 Å². The van der Waals surface area contributed by atoms with Crippen molar-refractivity contribution in [3.63, 3.8) is 0 Å². The molecule has 3 aromatic rings. The van der Waals surface area contributed by atoms with Crippen molar-refractivity contribution in [1.82, 2.24) is 19.1 Å². The number of sulfonamides is 1. The van der Waals surface area contributed by atoms with Crippen molar-refractivity contribution < 1.29 is 17.9 Å². The van der Waals surface area contributed by atoms with E-state index < -0.39 is 10.0 Å². The van der Waals surface area contributed by atoms with Gasteiger partial charge >= 0.3 is 0 Å². The number of aromatic nitrogens is 3. The Morgan fingerprint density at radius 2 is 1.71 bits per heavy atom. The van der Waals surface area contributed by atoms with Crippen LogP contribution in [0.3, 0.4) is 0 Å². The summed E-state index contributed by atoms with van der Waals surface area (Å²) in [6, 6.07) is 6.32. The van der Waals surface area contributed by atoms with Gasteiger partial charge in [-0.3, -0.25) is 9.48 Å². The molecule has 0 radical (unpaired) electrons. The third-order valence-electron chi connectivity index (χ3n) is 6.49. The van der Waals surface area contributed by atoms with Gasteiger partial charge in [0.1, 0.15) is 0 Å². The van der Waals surface area contributed by atoms with Gasteiger partial charge in [-0.15, -0.1) is 0 Å². The van der Waals surface area contributed by atoms with Gasteiger partial charge in [-0.1, -0.05) is 0 Å². The number of nitrogens with zero attached hydrogens (tertiary/aromatic N) is 4. The zero-order chi connectivity index (χ0) is 25.5. The van der Waals surface area contributed by atoms with Crippen LogP contribution in [0.4, 0.5) is 5.69 Å². The first-order chi connectivity index (χ1) is 16.5. The van der Waals surface area contributed by atoms with Crippen molar-refractivity contribution in [2.24, 2.45) is 7.05 Å². The number of fused-ring (bicyclic) bond motifs is 1. The number of amides is 1. The molecule has 1 aliphatic heterocycles. The smallest absolute Gasteiger partial charge is 0.243 e. The van der Waals surface area contributed by atoms with Crippen molar-refractivity contribution in [3.8, 4) is 0 Å². The summed E-state index contributed by atoms with van der Waals surface area (Å²) in [6.45, 7) is 10.3. The zero-order valence-electron chi connectivity index (χ0n) is 21.1. The normalized spacial score (nSPS) is 19.3. The lowest BCUT2D eigenvalue weighted by Gasteiger charge is -2.34. The number of nitrogens with one attached hydrogen (secondary N) is 1. The van der Waals surface area contributed by atoms with Crippen LogP contribution in [-0.2, 0) is 33.0 Å². The summed E-state index contributed by atoms with van der Waals surface area (Å²) in [6.07, 6.45) is 0.535. The highest BCUT2D eigenvalue weighted by Crippen LogP contribution is 2.26. The van der Waals surface area contributed by atoms with Gasteiger partial charge in [0.15, 0.2) is 5.65 Å². The maximum atomic E-state index is 13.0. The highest BCUT2D eigenvalue weighted by Gasteiger charge is 2.32. The molecule has 2 atom stereocenters. The fraction of sp³-hybridized carbons (Fsp3) is 0.480. The first-order valence-electron chi connectivity index (χ1n) is 11.8. The average Bonchev–Trinajstić information content (AvgIpc) is 3.06. The van der Waals surface area contributed by atoms with E-state index in [1.54, 1.807) is 16.8 Å². The highest BCUT2D eigenvalue weighted by atomic mass is 32.2. The second-order valence-electron chi connectivity index (χ2n) is 9.36.